The van der Waals surface area contributed by atoms with Crippen molar-refractivity contribution < 1.29 is 14.8 Å². The molecule has 20 heavy (non-hydrogen) atoms. The highest BCUT2D eigenvalue weighted by Gasteiger charge is 2.25. The molecular weight excluding hydrogens is 282 g/mol. The molecule has 1 heterocycles. The number of pyridine rings is 1. The third kappa shape index (κ3) is 3.60. The molecule has 0 aliphatic rings. The first kappa shape index (κ1) is 16.2. The fraction of sp³-hybridized carbons (Fsp3) is 0.500. The maximum Gasteiger partial charge on any atom is 0.337 e. The lowest BCUT2D eigenvalue weighted by molar-refractivity contribution is -0.384. The number of carboxylic acid groups (broad SMARTS) is 1. The lowest BCUT2D eigenvalue weighted by Gasteiger charge is -2.27. The number of thioether (sulfide) groups is 1. The summed E-state index contributed by atoms with van der Waals surface area (Å²) >= 11 is 1.65. The van der Waals surface area contributed by atoms with E-state index in [9.17, 15) is 14.9 Å². The van der Waals surface area contributed by atoms with Crippen molar-refractivity contribution in [2.24, 2.45) is 0 Å². The van der Waals surface area contributed by atoms with Gasteiger partial charge in [-0.1, -0.05) is 6.92 Å². The number of carbonyl (C=O) groups is 1. The van der Waals surface area contributed by atoms with Crippen molar-refractivity contribution in [1.82, 2.24) is 4.98 Å². The molecule has 0 saturated carbocycles. The maximum atomic E-state index is 11.1. The van der Waals surface area contributed by atoms with Crippen LogP contribution in [0.2, 0.25) is 0 Å². The van der Waals surface area contributed by atoms with Crippen LogP contribution in [0.4, 0.5) is 11.5 Å². The summed E-state index contributed by atoms with van der Waals surface area (Å²) < 4.78 is 0. The number of aromatic carboxylic acids is 1. The van der Waals surface area contributed by atoms with Gasteiger partial charge < -0.3 is 10.0 Å². The second kappa shape index (κ2) is 7.09. The second-order valence-electron chi connectivity index (χ2n) is 4.26. The Morgan fingerprint density at radius 1 is 1.65 bits per heavy atom. The zero-order valence-corrected chi connectivity index (χ0v) is 12.4. The molecule has 0 bridgehead atoms. The quantitative estimate of drug-likeness (QED) is 0.609. The van der Waals surface area contributed by atoms with Gasteiger partial charge in [-0.05, 0) is 12.7 Å². The molecule has 1 rings (SSSR count). The Kier molecular flexibility index (Phi) is 5.75. The Balaban J connectivity index is 3.22. The summed E-state index contributed by atoms with van der Waals surface area (Å²) in [4.78, 5) is 27.1. The molecular formula is C12H17N3O4S. The maximum absolute atomic E-state index is 11.1. The molecule has 7 nitrogen and oxygen atoms in total. The summed E-state index contributed by atoms with van der Waals surface area (Å²) in [7, 11) is 1.74. The van der Waals surface area contributed by atoms with E-state index in [-0.39, 0.29) is 23.1 Å². The molecule has 1 aromatic heterocycles. The van der Waals surface area contributed by atoms with Crippen LogP contribution >= 0.6 is 11.8 Å². The van der Waals surface area contributed by atoms with Crippen LogP contribution in [0.25, 0.3) is 0 Å². The number of hydrogen-bond acceptors (Lipinski definition) is 6. The van der Waals surface area contributed by atoms with Crippen molar-refractivity contribution in [1.29, 1.82) is 0 Å². The SMILES string of the molecule is CCC(CSC)N(C)c1ncc(C(=O)O)cc1[N+](=O)[O-]. The van der Waals surface area contributed by atoms with Crippen LogP contribution in [0.5, 0.6) is 0 Å². The molecule has 0 aliphatic heterocycles. The zero-order valence-electron chi connectivity index (χ0n) is 11.6. The summed E-state index contributed by atoms with van der Waals surface area (Å²) in [6.07, 6.45) is 3.93. The highest BCUT2D eigenvalue weighted by molar-refractivity contribution is 7.98. The van der Waals surface area contributed by atoms with Gasteiger partial charge in [0.2, 0.25) is 5.82 Å². The molecule has 0 saturated heterocycles. The van der Waals surface area contributed by atoms with E-state index in [1.165, 1.54) is 0 Å². The molecule has 8 heteroatoms. The van der Waals surface area contributed by atoms with Gasteiger partial charge in [0, 0.05) is 31.1 Å². The Hall–Kier alpha value is -1.83. The number of anilines is 1. The number of hydrogen-bond donors (Lipinski definition) is 1. The monoisotopic (exact) mass is 299 g/mol. The van der Waals surface area contributed by atoms with Gasteiger partial charge in [-0.2, -0.15) is 11.8 Å². The molecule has 0 aliphatic carbocycles. The van der Waals surface area contributed by atoms with E-state index in [4.69, 9.17) is 5.11 Å². The minimum atomic E-state index is -1.23. The van der Waals surface area contributed by atoms with Crippen LogP contribution in [0, 0.1) is 10.1 Å². The second-order valence-corrected chi connectivity index (χ2v) is 5.17. The third-order valence-electron chi connectivity index (χ3n) is 3.00. The van der Waals surface area contributed by atoms with Crippen LogP contribution in [-0.2, 0) is 0 Å². The van der Waals surface area contributed by atoms with Crippen LogP contribution in [0.15, 0.2) is 12.3 Å². The van der Waals surface area contributed by atoms with E-state index >= 15 is 0 Å². The van der Waals surface area contributed by atoms with Crippen molar-refractivity contribution in [3.8, 4) is 0 Å². The Labute approximate surface area is 121 Å². The summed E-state index contributed by atoms with van der Waals surface area (Å²) in [5.41, 5.74) is -0.473. The van der Waals surface area contributed by atoms with Gasteiger partial charge in [-0.25, -0.2) is 9.78 Å². The van der Waals surface area contributed by atoms with E-state index < -0.39 is 10.9 Å². The van der Waals surface area contributed by atoms with Gasteiger partial charge in [0.25, 0.3) is 0 Å². The highest BCUT2D eigenvalue weighted by Crippen LogP contribution is 2.28. The number of nitro groups is 1. The van der Waals surface area contributed by atoms with Crippen molar-refractivity contribution >= 4 is 29.2 Å². The number of carboxylic acids is 1. The number of aromatic nitrogens is 1. The molecule has 1 aromatic rings. The Morgan fingerprint density at radius 2 is 2.30 bits per heavy atom. The number of nitrogens with zero attached hydrogens (tertiary/aromatic N) is 3. The summed E-state index contributed by atoms with van der Waals surface area (Å²) in [6.45, 7) is 1.99. The van der Waals surface area contributed by atoms with Gasteiger partial charge in [0.1, 0.15) is 0 Å². The van der Waals surface area contributed by atoms with Crippen LogP contribution < -0.4 is 4.90 Å². The largest absolute Gasteiger partial charge is 0.478 e. The summed E-state index contributed by atoms with van der Waals surface area (Å²) in [6, 6.07) is 1.15. The Bertz CT molecular complexity index is 509. The average molecular weight is 299 g/mol. The summed E-state index contributed by atoms with van der Waals surface area (Å²) in [5.74, 6) is -0.223. The first-order valence-electron chi connectivity index (χ1n) is 6.01. The Morgan fingerprint density at radius 3 is 2.75 bits per heavy atom. The topological polar surface area (TPSA) is 96.6 Å². The standard InChI is InChI=1S/C12H17N3O4S/c1-4-9(7-20-3)14(2)11-10(15(18)19)5-8(6-13-11)12(16)17/h5-6,9H,4,7H2,1-3H3,(H,16,17). The fourth-order valence-corrected chi connectivity index (χ4v) is 2.68. The molecule has 1 atom stereocenters. The molecule has 0 radical (unpaired) electrons. The van der Waals surface area contributed by atoms with Crippen molar-refractivity contribution in [2.75, 3.05) is 24.0 Å². The minimum absolute atomic E-state index is 0.104. The van der Waals surface area contributed by atoms with Gasteiger partial charge >= 0.3 is 11.7 Å². The van der Waals surface area contributed by atoms with Gasteiger partial charge in [-0.15, -0.1) is 0 Å². The first-order valence-corrected chi connectivity index (χ1v) is 7.41. The highest BCUT2D eigenvalue weighted by atomic mass is 32.2. The lowest BCUT2D eigenvalue weighted by atomic mass is 10.2. The lowest BCUT2D eigenvalue weighted by Crippen LogP contribution is -2.34. The normalized spacial score (nSPS) is 11.9. The average Bonchev–Trinajstić information content (AvgIpc) is 2.43. The van der Waals surface area contributed by atoms with Crippen molar-refractivity contribution in [3.05, 3.63) is 27.9 Å². The molecule has 1 N–H and O–H groups in total. The fourth-order valence-electron chi connectivity index (χ4n) is 1.84. The first-order chi connectivity index (χ1) is 9.42. The smallest absolute Gasteiger partial charge is 0.337 e. The van der Waals surface area contributed by atoms with Crippen LogP contribution in [0.3, 0.4) is 0 Å². The summed E-state index contributed by atoms with van der Waals surface area (Å²) in [5, 5.41) is 20.0. The van der Waals surface area contributed by atoms with Crippen LogP contribution in [0.1, 0.15) is 23.7 Å². The van der Waals surface area contributed by atoms with E-state index in [0.29, 0.717) is 0 Å². The predicted molar refractivity (Wildman–Crippen MR) is 78.7 cm³/mol. The molecule has 0 spiro atoms. The van der Waals surface area contributed by atoms with E-state index in [2.05, 4.69) is 4.98 Å². The molecule has 1 unspecified atom stereocenters. The third-order valence-corrected chi connectivity index (χ3v) is 3.72. The van der Waals surface area contributed by atoms with E-state index in [0.717, 1.165) is 24.4 Å². The van der Waals surface area contributed by atoms with E-state index in [1.807, 2.05) is 13.2 Å². The number of rotatable bonds is 7. The molecule has 0 fully saturated rings. The zero-order chi connectivity index (χ0) is 15.3. The molecule has 0 aromatic carbocycles. The molecule has 110 valence electrons. The van der Waals surface area contributed by atoms with Crippen LogP contribution in [-0.4, -0.2) is 46.1 Å². The van der Waals surface area contributed by atoms with Gasteiger partial charge in [-0.3, -0.25) is 10.1 Å². The minimum Gasteiger partial charge on any atom is -0.478 e. The van der Waals surface area contributed by atoms with Crippen molar-refractivity contribution in [3.63, 3.8) is 0 Å². The predicted octanol–water partition coefficient (Wildman–Crippen LogP) is 2.27. The van der Waals surface area contributed by atoms with Gasteiger partial charge in [0.05, 0.1) is 10.5 Å². The van der Waals surface area contributed by atoms with Crippen molar-refractivity contribution in [2.45, 2.75) is 19.4 Å². The molecule has 0 amide bonds. The van der Waals surface area contributed by atoms with E-state index in [1.54, 1.807) is 23.7 Å². The van der Waals surface area contributed by atoms with Gasteiger partial charge in [0.15, 0.2) is 0 Å².